The maximum atomic E-state index is 2.53. The lowest BCUT2D eigenvalue weighted by molar-refractivity contribution is 0.219. The Hall–Kier alpha value is 0. The van der Waals surface area contributed by atoms with Gasteiger partial charge in [0.1, 0.15) is 0 Å². The molecule has 0 aromatic heterocycles. The molecule has 6 atom stereocenters. The quantitative estimate of drug-likeness (QED) is 0.586. The van der Waals surface area contributed by atoms with E-state index in [1.807, 2.05) is 0 Å². The highest BCUT2D eigenvalue weighted by molar-refractivity contribution is 4.98. The van der Waals surface area contributed by atoms with Gasteiger partial charge in [0.15, 0.2) is 0 Å². The second-order valence-electron chi connectivity index (χ2n) is 6.44. The van der Waals surface area contributed by atoms with Crippen LogP contribution in [0.25, 0.3) is 0 Å². The summed E-state index contributed by atoms with van der Waals surface area (Å²) in [4.78, 5) is 0. The van der Waals surface area contributed by atoms with Crippen LogP contribution in [0.3, 0.4) is 0 Å². The molecule has 0 saturated heterocycles. The molecular weight excluding hydrogens is 168 g/mol. The van der Waals surface area contributed by atoms with Gasteiger partial charge in [-0.05, 0) is 67.6 Å². The van der Waals surface area contributed by atoms with Crippen LogP contribution in [0.1, 0.15) is 52.4 Å². The normalized spacial score (nSPS) is 57.0. The smallest absolute Gasteiger partial charge is 0.0352 e. The van der Waals surface area contributed by atoms with Crippen molar-refractivity contribution >= 4 is 0 Å². The third-order valence-corrected chi connectivity index (χ3v) is 5.76. The average Bonchev–Trinajstić information content (AvgIpc) is 2.82. The first kappa shape index (κ1) is 9.24. The highest BCUT2D eigenvalue weighted by atomic mass is 14.5. The van der Waals surface area contributed by atoms with E-state index in [1.54, 1.807) is 32.1 Å². The number of rotatable bonds is 1. The highest BCUT2D eigenvalue weighted by Gasteiger charge is 2.48. The van der Waals surface area contributed by atoms with E-state index in [4.69, 9.17) is 0 Å². The molecule has 3 rings (SSSR count). The lowest BCUT2D eigenvalue weighted by Gasteiger charge is -2.28. The second-order valence-corrected chi connectivity index (χ2v) is 6.44. The van der Waals surface area contributed by atoms with Crippen molar-refractivity contribution < 1.29 is 0 Å². The molecule has 5 unspecified atom stereocenters. The van der Waals surface area contributed by atoms with E-state index in [9.17, 15) is 0 Å². The molecule has 0 heterocycles. The summed E-state index contributed by atoms with van der Waals surface area (Å²) in [5.74, 6) is 6.65. The molecule has 0 spiro atoms. The minimum Gasteiger partial charge on any atom is -0.0625 e. The van der Waals surface area contributed by atoms with Gasteiger partial charge < -0.3 is 0 Å². The summed E-state index contributed by atoms with van der Waals surface area (Å²) in [5, 5.41) is 0. The van der Waals surface area contributed by atoms with Crippen molar-refractivity contribution in [2.24, 2.45) is 35.5 Å². The molecule has 0 N–H and O–H groups in total. The summed E-state index contributed by atoms with van der Waals surface area (Å²) in [5.41, 5.74) is 0. The number of hydrogen-bond donors (Lipinski definition) is 0. The van der Waals surface area contributed by atoms with Gasteiger partial charge in [-0.3, -0.25) is 0 Å². The van der Waals surface area contributed by atoms with E-state index in [-0.39, 0.29) is 0 Å². The van der Waals surface area contributed by atoms with Crippen LogP contribution in [0.15, 0.2) is 0 Å². The zero-order chi connectivity index (χ0) is 9.71. The summed E-state index contributed by atoms with van der Waals surface area (Å²) in [6.07, 6.45) is 9.37. The van der Waals surface area contributed by atoms with E-state index in [1.165, 1.54) is 6.42 Å². The van der Waals surface area contributed by atoms with E-state index in [0.29, 0.717) is 0 Å². The monoisotopic (exact) mass is 192 g/mol. The molecule has 0 aromatic rings. The van der Waals surface area contributed by atoms with Gasteiger partial charge in [-0.15, -0.1) is 0 Å². The summed E-state index contributed by atoms with van der Waals surface area (Å²) in [6.45, 7) is 4.98. The summed E-state index contributed by atoms with van der Waals surface area (Å²) >= 11 is 0. The molecule has 0 aromatic carbocycles. The van der Waals surface area contributed by atoms with Crippen LogP contribution in [0.5, 0.6) is 0 Å². The number of hydrogen-bond acceptors (Lipinski definition) is 0. The van der Waals surface area contributed by atoms with Crippen molar-refractivity contribution in [3.63, 3.8) is 0 Å². The maximum Gasteiger partial charge on any atom is -0.0352 e. The SMILES string of the molecule is CC1CCC(C2CC3CC[C@@H]2C3C)C1. The average molecular weight is 192 g/mol. The second kappa shape index (κ2) is 3.25. The van der Waals surface area contributed by atoms with Gasteiger partial charge in [0.05, 0.1) is 0 Å². The minimum atomic E-state index is 1.04. The lowest BCUT2D eigenvalue weighted by Crippen LogP contribution is -2.19. The fourth-order valence-corrected chi connectivity index (χ4v) is 4.92. The summed E-state index contributed by atoms with van der Waals surface area (Å²) in [6, 6.07) is 0. The Labute approximate surface area is 88.5 Å². The van der Waals surface area contributed by atoms with Crippen LogP contribution in [-0.2, 0) is 0 Å². The Bertz CT molecular complexity index is 220. The fourth-order valence-electron chi connectivity index (χ4n) is 4.92. The Morgan fingerprint density at radius 2 is 1.50 bits per heavy atom. The molecule has 3 saturated carbocycles. The van der Waals surface area contributed by atoms with Gasteiger partial charge in [-0.1, -0.05) is 20.3 Å². The molecule has 0 amide bonds. The van der Waals surface area contributed by atoms with Gasteiger partial charge in [-0.2, -0.15) is 0 Å². The summed E-state index contributed by atoms with van der Waals surface area (Å²) in [7, 11) is 0. The van der Waals surface area contributed by atoms with E-state index in [2.05, 4.69) is 13.8 Å². The molecule has 0 aliphatic heterocycles. The highest BCUT2D eigenvalue weighted by Crippen LogP contribution is 2.57. The zero-order valence-corrected chi connectivity index (χ0v) is 9.71. The van der Waals surface area contributed by atoms with Crippen molar-refractivity contribution in [2.75, 3.05) is 0 Å². The standard InChI is InChI=1S/C14H24/c1-9-3-4-12(7-9)14-8-11-5-6-13(14)10(11)2/h9-14H,3-8H2,1-2H3/t9?,10?,11?,12?,13-,14?/m1/s1. The third-order valence-electron chi connectivity index (χ3n) is 5.76. The van der Waals surface area contributed by atoms with Crippen LogP contribution in [-0.4, -0.2) is 0 Å². The van der Waals surface area contributed by atoms with Crippen molar-refractivity contribution in [1.29, 1.82) is 0 Å². The Morgan fingerprint density at radius 3 is 2.00 bits per heavy atom. The zero-order valence-electron chi connectivity index (χ0n) is 9.71. The molecule has 3 aliphatic carbocycles. The lowest BCUT2D eigenvalue weighted by atomic mass is 9.78. The molecule has 80 valence electrons. The van der Waals surface area contributed by atoms with Gasteiger partial charge in [-0.25, -0.2) is 0 Å². The van der Waals surface area contributed by atoms with Crippen LogP contribution in [0.4, 0.5) is 0 Å². The molecule has 2 bridgehead atoms. The largest absolute Gasteiger partial charge is 0.0625 e. The first-order valence-electron chi connectivity index (χ1n) is 6.75. The third kappa shape index (κ3) is 1.26. The van der Waals surface area contributed by atoms with Crippen molar-refractivity contribution in [2.45, 2.75) is 52.4 Å². The molecule has 14 heavy (non-hydrogen) atoms. The van der Waals surface area contributed by atoms with Crippen LogP contribution in [0.2, 0.25) is 0 Å². The van der Waals surface area contributed by atoms with Crippen LogP contribution >= 0.6 is 0 Å². The van der Waals surface area contributed by atoms with E-state index in [0.717, 1.165) is 35.5 Å². The topological polar surface area (TPSA) is 0 Å². The summed E-state index contributed by atoms with van der Waals surface area (Å²) < 4.78 is 0. The maximum absolute atomic E-state index is 2.53. The number of fused-ring (bicyclic) bond motifs is 2. The Balaban J connectivity index is 1.70. The molecule has 3 aliphatic rings. The molecule has 0 nitrogen and oxygen atoms in total. The molecule has 0 heteroatoms. The van der Waals surface area contributed by atoms with Gasteiger partial charge in [0, 0.05) is 0 Å². The van der Waals surface area contributed by atoms with Crippen LogP contribution < -0.4 is 0 Å². The van der Waals surface area contributed by atoms with Crippen molar-refractivity contribution in [3.05, 3.63) is 0 Å². The van der Waals surface area contributed by atoms with E-state index >= 15 is 0 Å². The predicted octanol–water partition coefficient (Wildman–Crippen LogP) is 4.10. The van der Waals surface area contributed by atoms with E-state index < -0.39 is 0 Å². The van der Waals surface area contributed by atoms with Gasteiger partial charge in [0.25, 0.3) is 0 Å². The molecule has 0 radical (unpaired) electrons. The Kier molecular flexibility index (Phi) is 2.15. The molecule has 3 fully saturated rings. The van der Waals surface area contributed by atoms with Gasteiger partial charge >= 0.3 is 0 Å². The first-order chi connectivity index (χ1) is 6.75. The minimum absolute atomic E-state index is 1.04. The Morgan fingerprint density at radius 1 is 0.714 bits per heavy atom. The van der Waals surface area contributed by atoms with Crippen LogP contribution in [0, 0.1) is 35.5 Å². The fraction of sp³-hybridized carbons (Fsp3) is 1.00. The first-order valence-corrected chi connectivity index (χ1v) is 6.75. The predicted molar refractivity (Wildman–Crippen MR) is 60.0 cm³/mol. The van der Waals surface area contributed by atoms with Crippen molar-refractivity contribution in [3.8, 4) is 0 Å². The molecular formula is C14H24. The van der Waals surface area contributed by atoms with Crippen molar-refractivity contribution in [1.82, 2.24) is 0 Å². The van der Waals surface area contributed by atoms with Gasteiger partial charge in [0.2, 0.25) is 0 Å².